The molecule has 0 spiro atoms. The molecule has 1 aliphatic carbocycles. The fourth-order valence-electron chi connectivity index (χ4n) is 2.11. The van der Waals surface area contributed by atoms with E-state index in [1.807, 2.05) is 0 Å². The number of aliphatic hydroxyl groups excluding tert-OH is 1. The van der Waals surface area contributed by atoms with Crippen LogP contribution < -0.4 is 0 Å². The highest BCUT2D eigenvalue weighted by molar-refractivity contribution is 5.78. The molecule has 4 nitrogen and oxygen atoms in total. The van der Waals surface area contributed by atoms with Crippen molar-refractivity contribution in [1.82, 2.24) is 0 Å². The lowest BCUT2D eigenvalue weighted by Crippen LogP contribution is -2.33. The van der Waals surface area contributed by atoms with Crippen LogP contribution in [0.15, 0.2) is 5.16 Å². The molecule has 1 fully saturated rings. The van der Waals surface area contributed by atoms with Crippen LogP contribution in [-0.2, 0) is 9.57 Å². The summed E-state index contributed by atoms with van der Waals surface area (Å²) in [5, 5.41) is 13.4. The highest BCUT2D eigenvalue weighted by atomic mass is 16.7. The topological polar surface area (TPSA) is 51.0 Å². The number of hydrogen-bond acceptors (Lipinski definition) is 4. The standard InChI is InChI=1S/C11H19NO3/c1-2-10-7-14-12-11(15-10)8-3-5-9(13)6-4-8/h8-10,13H,2-7H2,1H3. The second kappa shape index (κ2) is 4.84. The molecule has 1 atom stereocenters. The van der Waals surface area contributed by atoms with Crippen molar-refractivity contribution < 1.29 is 14.7 Å². The number of aliphatic hydroxyl groups is 1. The van der Waals surface area contributed by atoms with Crippen LogP contribution in [0.1, 0.15) is 39.0 Å². The average Bonchev–Trinajstić information content (AvgIpc) is 2.30. The number of oxime groups is 1. The minimum Gasteiger partial charge on any atom is -0.471 e. The quantitative estimate of drug-likeness (QED) is 0.759. The van der Waals surface area contributed by atoms with Crippen LogP contribution in [0.4, 0.5) is 0 Å². The number of rotatable bonds is 2. The Morgan fingerprint density at radius 2 is 2.07 bits per heavy atom. The molecule has 0 amide bonds. The zero-order valence-electron chi connectivity index (χ0n) is 9.19. The van der Waals surface area contributed by atoms with E-state index in [4.69, 9.17) is 9.57 Å². The van der Waals surface area contributed by atoms with E-state index in [-0.39, 0.29) is 12.2 Å². The summed E-state index contributed by atoms with van der Waals surface area (Å²) in [5.74, 6) is 1.10. The molecule has 1 aliphatic heterocycles. The van der Waals surface area contributed by atoms with Gasteiger partial charge in [-0.3, -0.25) is 0 Å². The van der Waals surface area contributed by atoms with E-state index in [0.29, 0.717) is 12.5 Å². The molecule has 1 N–H and O–H groups in total. The van der Waals surface area contributed by atoms with Gasteiger partial charge in [0.2, 0.25) is 5.90 Å². The SMILES string of the molecule is CCC1CON=C(C2CCC(O)CC2)O1. The maximum atomic E-state index is 9.41. The van der Waals surface area contributed by atoms with Crippen molar-refractivity contribution >= 4 is 5.90 Å². The molecule has 0 saturated heterocycles. The second-order valence-corrected chi connectivity index (χ2v) is 4.38. The van der Waals surface area contributed by atoms with Gasteiger partial charge < -0.3 is 14.7 Å². The molecule has 0 aromatic heterocycles. The highest BCUT2D eigenvalue weighted by Crippen LogP contribution is 2.27. The number of ether oxygens (including phenoxy) is 1. The molecule has 0 bridgehead atoms. The summed E-state index contributed by atoms with van der Waals surface area (Å²) in [7, 11) is 0. The van der Waals surface area contributed by atoms with Gasteiger partial charge in [0, 0.05) is 5.92 Å². The third-order valence-electron chi connectivity index (χ3n) is 3.20. The molecule has 2 aliphatic rings. The fourth-order valence-corrected chi connectivity index (χ4v) is 2.11. The van der Waals surface area contributed by atoms with Gasteiger partial charge in [0.15, 0.2) is 6.61 Å². The molecular formula is C11H19NO3. The number of nitrogens with zero attached hydrogens (tertiary/aromatic N) is 1. The van der Waals surface area contributed by atoms with Gasteiger partial charge in [0.05, 0.1) is 6.10 Å². The van der Waals surface area contributed by atoms with Gasteiger partial charge in [-0.15, -0.1) is 0 Å². The molecule has 2 rings (SSSR count). The normalized spacial score (nSPS) is 36.4. The van der Waals surface area contributed by atoms with Crippen LogP contribution in [-0.4, -0.2) is 29.8 Å². The first-order valence-corrected chi connectivity index (χ1v) is 5.84. The molecule has 0 aromatic carbocycles. The predicted molar refractivity (Wildman–Crippen MR) is 56.5 cm³/mol. The highest BCUT2D eigenvalue weighted by Gasteiger charge is 2.29. The summed E-state index contributed by atoms with van der Waals surface area (Å²) in [6, 6.07) is 0. The van der Waals surface area contributed by atoms with Crippen molar-refractivity contribution in [3.63, 3.8) is 0 Å². The van der Waals surface area contributed by atoms with E-state index in [1.54, 1.807) is 0 Å². The van der Waals surface area contributed by atoms with Crippen molar-refractivity contribution in [2.24, 2.45) is 11.1 Å². The summed E-state index contributed by atoms with van der Waals surface area (Å²) in [5.41, 5.74) is 0. The average molecular weight is 213 g/mol. The smallest absolute Gasteiger partial charge is 0.229 e. The minimum atomic E-state index is -0.131. The van der Waals surface area contributed by atoms with E-state index in [9.17, 15) is 5.11 Å². The molecule has 1 unspecified atom stereocenters. The van der Waals surface area contributed by atoms with E-state index in [2.05, 4.69) is 12.1 Å². The number of hydrogen-bond donors (Lipinski definition) is 1. The van der Waals surface area contributed by atoms with Gasteiger partial charge in [-0.2, -0.15) is 0 Å². The first-order valence-electron chi connectivity index (χ1n) is 5.84. The Hall–Kier alpha value is -0.770. The monoisotopic (exact) mass is 213 g/mol. The Morgan fingerprint density at radius 1 is 1.33 bits per heavy atom. The molecule has 4 heteroatoms. The Bertz CT molecular complexity index is 234. The maximum Gasteiger partial charge on any atom is 0.229 e. The Morgan fingerprint density at radius 3 is 2.73 bits per heavy atom. The summed E-state index contributed by atoms with van der Waals surface area (Å²) < 4.78 is 5.75. The van der Waals surface area contributed by atoms with Crippen molar-refractivity contribution in [3.05, 3.63) is 0 Å². The zero-order chi connectivity index (χ0) is 10.7. The molecule has 15 heavy (non-hydrogen) atoms. The van der Waals surface area contributed by atoms with E-state index in [0.717, 1.165) is 38.0 Å². The Kier molecular flexibility index (Phi) is 3.46. The van der Waals surface area contributed by atoms with Crippen molar-refractivity contribution in [2.75, 3.05) is 6.61 Å². The zero-order valence-corrected chi connectivity index (χ0v) is 9.19. The van der Waals surface area contributed by atoms with E-state index >= 15 is 0 Å². The van der Waals surface area contributed by atoms with Crippen LogP contribution in [0.3, 0.4) is 0 Å². The lowest BCUT2D eigenvalue weighted by Gasteiger charge is -2.30. The van der Waals surface area contributed by atoms with Gasteiger partial charge in [0.25, 0.3) is 0 Å². The third kappa shape index (κ3) is 2.62. The molecule has 1 saturated carbocycles. The summed E-state index contributed by atoms with van der Waals surface area (Å²) in [6.45, 7) is 2.65. The molecular weight excluding hydrogens is 194 g/mol. The second-order valence-electron chi connectivity index (χ2n) is 4.38. The van der Waals surface area contributed by atoms with Crippen LogP contribution in [0.2, 0.25) is 0 Å². The van der Waals surface area contributed by atoms with Crippen molar-refractivity contribution in [1.29, 1.82) is 0 Å². The molecule has 86 valence electrons. The minimum absolute atomic E-state index is 0.131. The Balaban J connectivity index is 1.90. The first-order chi connectivity index (χ1) is 7.29. The summed E-state index contributed by atoms with van der Waals surface area (Å²) in [6.07, 6.45) is 4.60. The third-order valence-corrected chi connectivity index (χ3v) is 3.20. The van der Waals surface area contributed by atoms with E-state index in [1.165, 1.54) is 0 Å². The van der Waals surface area contributed by atoms with Crippen molar-refractivity contribution in [2.45, 2.75) is 51.2 Å². The predicted octanol–water partition coefficient (Wildman–Crippen LogP) is 1.68. The summed E-state index contributed by atoms with van der Waals surface area (Å²) >= 11 is 0. The van der Waals surface area contributed by atoms with Gasteiger partial charge >= 0.3 is 0 Å². The lowest BCUT2D eigenvalue weighted by molar-refractivity contribution is -0.00257. The van der Waals surface area contributed by atoms with Crippen molar-refractivity contribution in [3.8, 4) is 0 Å². The van der Waals surface area contributed by atoms with Gasteiger partial charge in [0.1, 0.15) is 6.10 Å². The largest absolute Gasteiger partial charge is 0.471 e. The van der Waals surface area contributed by atoms with Gasteiger partial charge in [-0.25, -0.2) is 0 Å². The molecule has 1 heterocycles. The van der Waals surface area contributed by atoms with Crippen LogP contribution in [0.5, 0.6) is 0 Å². The van der Waals surface area contributed by atoms with Crippen LogP contribution in [0, 0.1) is 5.92 Å². The molecule has 0 aromatic rings. The van der Waals surface area contributed by atoms with Crippen LogP contribution in [0.25, 0.3) is 0 Å². The van der Waals surface area contributed by atoms with Gasteiger partial charge in [-0.1, -0.05) is 12.1 Å². The summed E-state index contributed by atoms with van der Waals surface area (Å²) in [4.78, 5) is 5.17. The lowest BCUT2D eigenvalue weighted by atomic mass is 9.87. The fraction of sp³-hybridized carbons (Fsp3) is 0.909. The molecule has 0 radical (unpaired) electrons. The van der Waals surface area contributed by atoms with E-state index < -0.39 is 0 Å². The maximum absolute atomic E-state index is 9.41. The van der Waals surface area contributed by atoms with Crippen LogP contribution >= 0.6 is 0 Å². The Labute approximate surface area is 90.2 Å². The van der Waals surface area contributed by atoms with Gasteiger partial charge in [-0.05, 0) is 32.1 Å². The first kappa shape index (κ1) is 10.7.